The minimum Gasteiger partial charge on any atom is -0.291 e. The molecule has 2 atom stereocenters. The van der Waals surface area contributed by atoms with Crippen molar-refractivity contribution in [3.63, 3.8) is 0 Å². The van der Waals surface area contributed by atoms with Gasteiger partial charge in [-0.15, -0.1) is 0 Å². The Morgan fingerprint density at radius 1 is 1.17 bits per heavy atom. The summed E-state index contributed by atoms with van der Waals surface area (Å²) in [5.74, 6) is 0.939. The molecular weight excluding hydrogens is 300 g/mol. The van der Waals surface area contributed by atoms with Crippen LogP contribution in [0.3, 0.4) is 0 Å². The average molecular weight is 315 g/mol. The Kier molecular flexibility index (Phi) is 7.38. The van der Waals surface area contributed by atoms with Crippen LogP contribution in [0.25, 0.3) is 0 Å². The molecule has 0 aromatic heterocycles. The number of hydrogen-bond donors (Lipinski definition) is 0. The second-order valence-corrected chi connectivity index (χ2v) is 3.68. The van der Waals surface area contributed by atoms with Crippen LogP contribution in [0.15, 0.2) is 4.99 Å². The third-order valence-corrected chi connectivity index (χ3v) is 2.81. The minimum atomic E-state index is 0. The van der Waals surface area contributed by atoms with Crippen LogP contribution in [0.5, 0.6) is 0 Å². The Morgan fingerprint density at radius 2 is 1.83 bits per heavy atom. The summed E-state index contributed by atoms with van der Waals surface area (Å²) in [5, 5.41) is 0. The summed E-state index contributed by atoms with van der Waals surface area (Å²) in [6.07, 6.45) is 6.96. The molecule has 0 N–H and O–H groups in total. The Labute approximate surface area is 125 Å². The van der Waals surface area contributed by atoms with Gasteiger partial charge in [0.05, 0.1) is 6.04 Å². The molecule has 1 fully saturated rings. The zero-order valence-electron chi connectivity index (χ0n) is 7.79. The van der Waals surface area contributed by atoms with Crippen molar-refractivity contribution in [2.75, 3.05) is 0 Å². The van der Waals surface area contributed by atoms with E-state index in [4.69, 9.17) is 0 Å². The third-order valence-electron chi connectivity index (χ3n) is 2.81. The van der Waals surface area contributed by atoms with Gasteiger partial charge in [-0.3, -0.25) is 4.99 Å². The van der Waals surface area contributed by atoms with E-state index in [0.29, 0.717) is 0 Å². The molecule has 0 spiro atoms. The minimum absolute atomic E-state index is 0. The van der Waals surface area contributed by atoms with Gasteiger partial charge in [0.2, 0.25) is 0 Å². The van der Waals surface area contributed by atoms with E-state index in [1.54, 1.807) is 0 Å². The third kappa shape index (κ3) is 3.22. The Balaban J connectivity index is 0.000000605. The molecule has 2 rings (SSSR count). The fourth-order valence-corrected chi connectivity index (χ4v) is 2.31. The summed E-state index contributed by atoms with van der Waals surface area (Å²) < 4.78 is 0. The van der Waals surface area contributed by atoms with Crippen molar-refractivity contribution in [3.05, 3.63) is 0 Å². The standard InChI is InChI=1S/C9H15N.2Y/c1-7-6-8-4-2-3-5-9(8)10-7;;/h8-9H,2-6H2,1H3;;. The number of aliphatic imine (C=N–C) groups is 1. The van der Waals surface area contributed by atoms with Crippen molar-refractivity contribution in [2.24, 2.45) is 10.9 Å². The quantitative estimate of drug-likeness (QED) is 0.651. The molecule has 2 unspecified atom stereocenters. The fourth-order valence-electron chi connectivity index (χ4n) is 2.31. The number of nitrogens with zero attached hydrogens (tertiary/aromatic N) is 1. The first-order valence-electron chi connectivity index (χ1n) is 4.39. The topological polar surface area (TPSA) is 12.4 Å². The van der Waals surface area contributed by atoms with E-state index in [0.717, 1.165) is 12.0 Å². The van der Waals surface area contributed by atoms with Crippen molar-refractivity contribution in [1.82, 2.24) is 0 Å². The molecule has 0 amide bonds. The smallest absolute Gasteiger partial charge is 0.0530 e. The first-order valence-corrected chi connectivity index (χ1v) is 4.39. The van der Waals surface area contributed by atoms with Crippen LogP contribution in [0.2, 0.25) is 0 Å². The molecular formula is C9H15NY2. The number of fused-ring (bicyclic) bond motifs is 1. The van der Waals surface area contributed by atoms with Gasteiger partial charge in [-0.25, -0.2) is 0 Å². The molecule has 1 heterocycles. The molecule has 1 nitrogen and oxygen atoms in total. The molecule has 62 valence electrons. The summed E-state index contributed by atoms with van der Waals surface area (Å²) >= 11 is 0. The molecule has 1 saturated carbocycles. The van der Waals surface area contributed by atoms with Crippen LogP contribution in [0.1, 0.15) is 39.0 Å². The summed E-state index contributed by atoms with van der Waals surface area (Å²) in [4.78, 5) is 4.63. The van der Waals surface area contributed by atoms with Crippen molar-refractivity contribution in [1.29, 1.82) is 0 Å². The van der Waals surface area contributed by atoms with E-state index in [-0.39, 0.29) is 65.4 Å². The fraction of sp³-hybridized carbons (Fsp3) is 0.889. The van der Waals surface area contributed by atoms with Gasteiger partial charge in [0.15, 0.2) is 0 Å². The van der Waals surface area contributed by atoms with Crippen LogP contribution in [0.4, 0.5) is 0 Å². The summed E-state index contributed by atoms with van der Waals surface area (Å²) in [6, 6.07) is 0.730. The maximum absolute atomic E-state index is 4.63. The molecule has 0 saturated heterocycles. The zero-order valence-corrected chi connectivity index (χ0v) is 13.5. The predicted molar refractivity (Wildman–Crippen MR) is 43.5 cm³/mol. The van der Waals surface area contributed by atoms with E-state index in [1.165, 1.54) is 37.8 Å². The van der Waals surface area contributed by atoms with Crippen LogP contribution >= 0.6 is 0 Å². The maximum Gasteiger partial charge on any atom is 0.0530 e. The average Bonchev–Trinajstić information content (AvgIpc) is 2.27. The zero-order chi connectivity index (χ0) is 6.97. The van der Waals surface area contributed by atoms with E-state index >= 15 is 0 Å². The van der Waals surface area contributed by atoms with Crippen LogP contribution in [0, 0.1) is 5.92 Å². The van der Waals surface area contributed by atoms with Crippen LogP contribution < -0.4 is 0 Å². The molecule has 0 aromatic rings. The molecule has 3 heteroatoms. The van der Waals surface area contributed by atoms with Gasteiger partial charge in [0.25, 0.3) is 0 Å². The second-order valence-electron chi connectivity index (χ2n) is 3.68. The molecule has 2 aliphatic rings. The van der Waals surface area contributed by atoms with Crippen molar-refractivity contribution < 1.29 is 65.4 Å². The van der Waals surface area contributed by atoms with E-state index in [2.05, 4.69) is 11.9 Å². The monoisotopic (exact) mass is 315 g/mol. The predicted octanol–water partition coefficient (Wildman–Crippen LogP) is 2.40. The van der Waals surface area contributed by atoms with Crippen LogP contribution in [-0.2, 0) is 65.4 Å². The van der Waals surface area contributed by atoms with Gasteiger partial charge in [0.1, 0.15) is 0 Å². The molecule has 1 aliphatic heterocycles. The molecule has 0 aromatic carbocycles. The molecule has 0 bridgehead atoms. The van der Waals surface area contributed by atoms with Crippen molar-refractivity contribution in [3.8, 4) is 0 Å². The van der Waals surface area contributed by atoms with E-state index in [9.17, 15) is 0 Å². The van der Waals surface area contributed by atoms with Crippen molar-refractivity contribution in [2.45, 2.75) is 45.1 Å². The van der Waals surface area contributed by atoms with Gasteiger partial charge in [0, 0.05) is 71.1 Å². The maximum atomic E-state index is 4.63. The van der Waals surface area contributed by atoms with Gasteiger partial charge in [-0.2, -0.15) is 0 Å². The summed E-state index contributed by atoms with van der Waals surface area (Å²) in [7, 11) is 0. The van der Waals surface area contributed by atoms with Crippen LogP contribution in [-0.4, -0.2) is 11.8 Å². The summed E-state index contributed by atoms with van der Waals surface area (Å²) in [6.45, 7) is 2.18. The van der Waals surface area contributed by atoms with E-state index in [1.807, 2.05) is 0 Å². The number of hydrogen-bond acceptors (Lipinski definition) is 1. The number of rotatable bonds is 0. The van der Waals surface area contributed by atoms with E-state index < -0.39 is 0 Å². The Bertz CT molecular complexity index is 168. The van der Waals surface area contributed by atoms with Gasteiger partial charge < -0.3 is 0 Å². The van der Waals surface area contributed by atoms with Gasteiger partial charge >= 0.3 is 0 Å². The largest absolute Gasteiger partial charge is 0.291 e. The first-order chi connectivity index (χ1) is 4.86. The van der Waals surface area contributed by atoms with Crippen molar-refractivity contribution >= 4 is 5.71 Å². The Morgan fingerprint density at radius 3 is 2.50 bits per heavy atom. The molecule has 12 heavy (non-hydrogen) atoms. The second kappa shape index (κ2) is 6.38. The SMILES string of the molecule is CC1=NC2CCCCC2C1.[Y].[Y]. The summed E-state index contributed by atoms with van der Waals surface area (Å²) in [5.41, 5.74) is 1.40. The van der Waals surface area contributed by atoms with Gasteiger partial charge in [-0.1, -0.05) is 12.8 Å². The normalized spacial score (nSPS) is 32.6. The first kappa shape index (κ1) is 13.9. The Hall–Kier alpha value is 1.88. The van der Waals surface area contributed by atoms with Gasteiger partial charge in [-0.05, 0) is 32.1 Å². The molecule has 2 radical (unpaired) electrons. The molecule has 1 aliphatic carbocycles.